The van der Waals surface area contributed by atoms with Crippen LogP contribution < -0.4 is 0 Å². The average Bonchev–Trinajstić information content (AvgIpc) is 3.12. The minimum atomic E-state index is -0.574. The molecule has 0 amide bonds. The molecule has 6 heteroatoms. The van der Waals surface area contributed by atoms with Gasteiger partial charge in [-0.2, -0.15) is 0 Å². The molecule has 0 N–H and O–H groups in total. The Hall–Kier alpha value is -2.18. The van der Waals surface area contributed by atoms with Gasteiger partial charge in [-0.1, -0.05) is 52.3 Å². The molecule has 5 nitrogen and oxygen atoms in total. The zero-order valence-corrected chi connectivity index (χ0v) is 14.2. The fourth-order valence-electron chi connectivity index (χ4n) is 3.20. The Bertz CT molecular complexity index is 757. The maximum absolute atomic E-state index is 12.1. The number of alkyl halides is 1. The van der Waals surface area contributed by atoms with Crippen LogP contribution >= 0.6 is 15.9 Å². The van der Waals surface area contributed by atoms with Gasteiger partial charge in [0.05, 0.1) is 11.1 Å². The summed E-state index contributed by atoms with van der Waals surface area (Å²) in [7, 11) is 0. The van der Waals surface area contributed by atoms with Gasteiger partial charge in [0, 0.05) is 23.0 Å². The molecule has 2 aliphatic rings. The zero-order valence-electron chi connectivity index (χ0n) is 12.6. The smallest absolute Gasteiger partial charge is 0.340 e. The molecule has 0 aliphatic carbocycles. The number of esters is 2. The van der Waals surface area contributed by atoms with Crippen molar-refractivity contribution in [1.29, 1.82) is 0 Å². The molecular formula is C18H14BrNO4. The normalized spacial score (nSPS) is 21.4. The zero-order chi connectivity index (χ0) is 16.7. The number of nitrogens with zero attached hydrogens (tertiary/aromatic N) is 1. The van der Waals surface area contributed by atoms with Crippen molar-refractivity contribution < 1.29 is 19.1 Å². The molecule has 2 aromatic rings. The highest BCUT2D eigenvalue weighted by Crippen LogP contribution is 2.42. The monoisotopic (exact) mass is 387 g/mol. The molecule has 0 saturated heterocycles. The maximum atomic E-state index is 12.1. The van der Waals surface area contributed by atoms with Crippen molar-refractivity contribution >= 4 is 27.9 Å². The highest BCUT2D eigenvalue weighted by molar-refractivity contribution is 9.09. The predicted octanol–water partition coefficient (Wildman–Crippen LogP) is 3.42. The molecule has 122 valence electrons. The van der Waals surface area contributed by atoms with E-state index in [1.54, 1.807) is 12.1 Å². The van der Waals surface area contributed by atoms with Crippen LogP contribution in [0.25, 0.3) is 0 Å². The molecular weight excluding hydrogens is 374 g/mol. The van der Waals surface area contributed by atoms with Crippen LogP contribution in [0.1, 0.15) is 44.3 Å². The van der Waals surface area contributed by atoms with Crippen LogP contribution in [0.4, 0.5) is 0 Å². The minimum absolute atomic E-state index is 0.354. The summed E-state index contributed by atoms with van der Waals surface area (Å²) in [5.41, 5.74) is 2.70. The predicted molar refractivity (Wildman–Crippen MR) is 89.7 cm³/mol. The van der Waals surface area contributed by atoms with Crippen molar-refractivity contribution in [1.82, 2.24) is 4.90 Å². The molecule has 0 unspecified atom stereocenters. The van der Waals surface area contributed by atoms with Gasteiger partial charge in [0.1, 0.15) is 0 Å². The molecule has 2 aromatic carbocycles. The number of halogens is 1. The van der Waals surface area contributed by atoms with Crippen LogP contribution in [0, 0.1) is 0 Å². The Morgan fingerprint density at radius 1 is 0.833 bits per heavy atom. The molecule has 24 heavy (non-hydrogen) atoms. The first kappa shape index (κ1) is 15.4. The van der Waals surface area contributed by atoms with E-state index in [0.717, 1.165) is 11.1 Å². The number of fused-ring (bicyclic) bond motifs is 2. The second kappa shape index (κ2) is 6.03. The molecule has 2 aliphatic heterocycles. The van der Waals surface area contributed by atoms with E-state index < -0.39 is 12.5 Å². The van der Waals surface area contributed by atoms with Crippen molar-refractivity contribution in [2.24, 2.45) is 0 Å². The molecule has 0 radical (unpaired) electrons. The lowest BCUT2D eigenvalue weighted by molar-refractivity contribution is -0.104. The van der Waals surface area contributed by atoms with Gasteiger partial charge in [0.25, 0.3) is 0 Å². The number of cyclic esters (lactones) is 2. The standard InChI is InChI=1S/C18H14BrNO4/c19-9-10-20(15-11-5-1-3-7-13(11)17(21)23-15)16-12-6-2-4-8-14(12)18(22)24-16/h1-8,15-16H,9-10H2/t15-,16+. The van der Waals surface area contributed by atoms with Crippen LogP contribution in [0.15, 0.2) is 48.5 Å². The van der Waals surface area contributed by atoms with Crippen LogP contribution in [-0.4, -0.2) is 28.7 Å². The Morgan fingerprint density at radius 3 is 1.75 bits per heavy atom. The van der Waals surface area contributed by atoms with E-state index in [1.165, 1.54) is 0 Å². The lowest BCUT2D eigenvalue weighted by atomic mass is 10.1. The minimum Gasteiger partial charge on any atom is -0.438 e. The number of benzene rings is 2. The van der Waals surface area contributed by atoms with E-state index in [2.05, 4.69) is 15.9 Å². The van der Waals surface area contributed by atoms with Gasteiger partial charge in [-0.15, -0.1) is 0 Å². The highest BCUT2D eigenvalue weighted by Gasteiger charge is 2.43. The first-order valence-corrected chi connectivity index (χ1v) is 8.74. The summed E-state index contributed by atoms with van der Waals surface area (Å²) in [4.78, 5) is 26.2. The average molecular weight is 388 g/mol. The fourth-order valence-corrected chi connectivity index (χ4v) is 3.61. The highest BCUT2D eigenvalue weighted by atomic mass is 79.9. The number of hydrogen-bond acceptors (Lipinski definition) is 5. The molecule has 4 rings (SSSR count). The topological polar surface area (TPSA) is 55.8 Å². The fraction of sp³-hybridized carbons (Fsp3) is 0.222. The summed E-state index contributed by atoms with van der Waals surface area (Å²) in [6, 6.07) is 14.6. The molecule has 0 aromatic heterocycles. The van der Waals surface area contributed by atoms with E-state index in [0.29, 0.717) is 23.0 Å². The summed E-state index contributed by atoms with van der Waals surface area (Å²) >= 11 is 3.43. The van der Waals surface area contributed by atoms with Crippen LogP contribution in [0.5, 0.6) is 0 Å². The summed E-state index contributed by atoms with van der Waals surface area (Å²) in [5, 5.41) is 0.652. The Morgan fingerprint density at radius 2 is 1.29 bits per heavy atom. The maximum Gasteiger partial charge on any atom is 0.340 e. The summed E-state index contributed by atoms with van der Waals surface area (Å²) in [5.74, 6) is -0.708. The summed E-state index contributed by atoms with van der Waals surface area (Å²) < 4.78 is 11.2. The third-order valence-corrected chi connectivity index (χ3v) is 4.63. The summed E-state index contributed by atoms with van der Waals surface area (Å²) in [6.45, 7) is 0.554. The number of carbonyl (C=O) groups excluding carboxylic acids is 2. The van der Waals surface area contributed by atoms with Crippen LogP contribution in [0.3, 0.4) is 0 Å². The Kier molecular flexibility index (Phi) is 3.86. The van der Waals surface area contributed by atoms with E-state index >= 15 is 0 Å². The van der Waals surface area contributed by atoms with E-state index in [-0.39, 0.29) is 11.9 Å². The van der Waals surface area contributed by atoms with Gasteiger partial charge in [-0.05, 0) is 12.1 Å². The third-order valence-electron chi connectivity index (χ3n) is 4.28. The van der Waals surface area contributed by atoms with E-state index in [1.807, 2.05) is 41.3 Å². The van der Waals surface area contributed by atoms with Crippen LogP contribution in [0.2, 0.25) is 0 Å². The van der Waals surface area contributed by atoms with Crippen LogP contribution in [-0.2, 0) is 9.47 Å². The third kappa shape index (κ3) is 2.34. The van der Waals surface area contributed by atoms with Gasteiger partial charge in [0.15, 0.2) is 12.5 Å². The lowest BCUT2D eigenvalue weighted by Crippen LogP contribution is -2.34. The lowest BCUT2D eigenvalue weighted by Gasteiger charge is -2.32. The van der Waals surface area contributed by atoms with Gasteiger partial charge in [0.2, 0.25) is 0 Å². The van der Waals surface area contributed by atoms with Crippen molar-refractivity contribution in [2.75, 3.05) is 11.9 Å². The quantitative estimate of drug-likeness (QED) is 0.594. The number of hydrogen-bond donors (Lipinski definition) is 0. The van der Waals surface area contributed by atoms with Gasteiger partial charge in [-0.25, -0.2) is 14.5 Å². The second-order valence-electron chi connectivity index (χ2n) is 5.62. The number of rotatable bonds is 4. The molecule has 2 heterocycles. The second-order valence-corrected chi connectivity index (χ2v) is 6.41. The molecule has 0 fully saturated rings. The number of ether oxygens (including phenoxy) is 2. The van der Waals surface area contributed by atoms with Gasteiger partial charge >= 0.3 is 11.9 Å². The van der Waals surface area contributed by atoms with E-state index in [4.69, 9.17) is 9.47 Å². The van der Waals surface area contributed by atoms with Crippen molar-refractivity contribution in [3.05, 3.63) is 70.8 Å². The Balaban J connectivity index is 1.75. The molecule has 0 bridgehead atoms. The number of carbonyl (C=O) groups is 2. The van der Waals surface area contributed by atoms with Gasteiger partial charge in [-0.3, -0.25) is 0 Å². The largest absolute Gasteiger partial charge is 0.438 e. The van der Waals surface area contributed by atoms with Crippen molar-refractivity contribution in [2.45, 2.75) is 12.5 Å². The van der Waals surface area contributed by atoms with E-state index in [9.17, 15) is 9.59 Å². The first-order chi connectivity index (χ1) is 11.7. The SMILES string of the molecule is O=C1O[C@@H](N(CCBr)[C@H]2OC(=O)c3ccccc32)c2ccccc21. The summed E-state index contributed by atoms with van der Waals surface area (Å²) in [6.07, 6.45) is -1.15. The first-order valence-electron chi connectivity index (χ1n) is 7.62. The van der Waals surface area contributed by atoms with Crippen molar-refractivity contribution in [3.63, 3.8) is 0 Å². The Labute approximate surface area is 147 Å². The van der Waals surface area contributed by atoms with Crippen molar-refractivity contribution in [3.8, 4) is 0 Å². The molecule has 0 saturated carbocycles. The van der Waals surface area contributed by atoms with Gasteiger partial charge < -0.3 is 9.47 Å². The molecule has 0 spiro atoms. The molecule has 2 atom stereocenters.